The summed E-state index contributed by atoms with van der Waals surface area (Å²) in [6.07, 6.45) is 3.66. The molecule has 2 atom stereocenters. The molecule has 1 amide bonds. The lowest BCUT2D eigenvalue weighted by Gasteiger charge is -2.34. The van der Waals surface area contributed by atoms with Gasteiger partial charge in [0.05, 0.1) is 6.54 Å². The SMILES string of the molecule is C[C@H]1C[C@H](C)CN(CC(=O)NC2CC2)C1. The standard InChI is InChI=1S/C12H22N2O/c1-9-5-10(2)7-14(6-9)8-12(15)13-11-3-4-11/h9-11H,3-8H2,1-2H3,(H,13,15)/t9-,10-/m0/s1. The van der Waals surface area contributed by atoms with Crippen LogP contribution in [0, 0.1) is 11.8 Å². The highest BCUT2D eigenvalue weighted by molar-refractivity contribution is 5.78. The van der Waals surface area contributed by atoms with E-state index in [-0.39, 0.29) is 5.91 Å². The van der Waals surface area contributed by atoms with Crippen LogP contribution in [0.2, 0.25) is 0 Å². The predicted molar refractivity (Wildman–Crippen MR) is 60.5 cm³/mol. The largest absolute Gasteiger partial charge is 0.352 e. The number of nitrogens with zero attached hydrogens (tertiary/aromatic N) is 1. The lowest BCUT2D eigenvalue weighted by atomic mass is 9.92. The molecule has 3 heteroatoms. The molecule has 3 nitrogen and oxygen atoms in total. The van der Waals surface area contributed by atoms with Crippen LogP contribution >= 0.6 is 0 Å². The summed E-state index contributed by atoms with van der Waals surface area (Å²) >= 11 is 0. The Morgan fingerprint density at radius 2 is 1.87 bits per heavy atom. The molecule has 1 heterocycles. The van der Waals surface area contributed by atoms with Crippen LogP contribution in [-0.2, 0) is 4.79 Å². The van der Waals surface area contributed by atoms with Gasteiger partial charge in [0.25, 0.3) is 0 Å². The van der Waals surface area contributed by atoms with Gasteiger partial charge in [0.1, 0.15) is 0 Å². The fourth-order valence-corrected chi connectivity index (χ4v) is 2.63. The second-order valence-electron chi connectivity index (χ2n) is 5.48. The summed E-state index contributed by atoms with van der Waals surface area (Å²) in [4.78, 5) is 13.9. The van der Waals surface area contributed by atoms with Gasteiger partial charge in [0.2, 0.25) is 5.91 Å². The molecule has 0 unspecified atom stereocenters. The topological polar surface area (TPSA) is 32.3 Å². The highest BCUT2D eigenvalue weighted by atomic mass is 16.2. The van der Waals surface area contributed by atoms with E-state index in [1.807, 2.05) is 0 Å². The average molecular weight is 210 g/mol. The lowest BCUT2D eigenvalue weighted by molar-refractivity contribution is -0.123. The Hall–Kier alpha value is -0.570. The van der Waals surface area contributed by atoms with Gasteiger partial charge in [-0.25, -0.2) is 0 Å². The van der Waals surface area contributed by atoms with Crippen molar-refractivity contribution in [2.24, 2.45) is 11.8 Å². The van der Waals surface area contributed by atoms with Crippen LogP contribution in [0.5, 0.6) is 0 Å². The minimum absolute atomic E-state index is 0.221. The molecule has 1 saturated carbocycles. The van der Waals surface area contributed by atoms with Crippen molar-refractivity contribution >= 4 is 5.91 Å². The zero-order chi connectivity index (χ0) is 10.8. The fourth-order valence-electron chi connectivity index (χ4n) is 2.63. The van der Waals surface area contributed by atoms with Crippen molar-refractivity contribution in [3.8, 4) is 0 Å². The Balaban J connectivity index is 1.74. The summed E-state index contributed by atoms with van der Waals surface area (Å²) in [6.45, 7) is 7.33. The monoisotopic (exact) mass is 210 g/mol. The third kappa shape index (κ3) is 3.49. The summed E-state index contributed by atoms with van der Waals surface area (Å²) in [7, 11) is 0. The zero-order valence-corrected chi connectivity index (χ0v) is 9.83. The quantitative estimate of drug-likeness (QED) is 0.760. The third-order valence-corrected chi connectivity index (χ3v) is 3.25. The number of amides is 1. The highest BCUT2D eigenvalue weighted by Gasteiger charge is 2.26. The maximum atomic E-state index is 11.6. The molecule has 1 aliphatic carbocycles. The number of hydrogen-bond acceptors (Lipinski definition) is 2. The Morgan fingerprint density at radius 3 is 2.40 bits per heavy atom. The van der Waals surface area contributed by atoms with Crippen molar-refractivity contribution in [2.45, 2.75) is 39.2 Å². The molecule has 0 aromatic heterocycles. The van der Waals surface area contributed by atoms with Crippen LogP contribution in [0.4, 0.5) is 0 Å². The highest BCUT2D eigenvalue weighted by Crippen LogP contribution is 2.21. The normalized spacial score (nSPS) is 32.7. The molecule has 0 spiro atoms. The molecule has 1 aliphatic heterocycles. The molecule has 2 fully saturated rings. The van der Waals surface area contributed by atoms with Crippen LogP contribution in [0.3, 0.4) is 0 Å². The molecular formula is C12H22N2O. The van der Waals surface area contributed by atoms with Crippen molar-refractivity contribution < 1.29 is 4.79 Å². The molecule has 1 N–H and O–H groups in total. The Labute approximate surface area is 92.2 Å². The summed E-state index contributed by atoms with van der Waals surface area (Å²) < 4.78 is 0. The lowest BCUT2D eigenvalue weighted by Crippen LogP contribution is -2.44. The first-order valence-corrected chi connectivity index (χ1v) is 6.15. The first-order chi connectivity index (χ1) is 7.13. The number of carbonyl (C=O) groups excluding carboxylic acids is 1. The molecule has 0 aromatic rings. The molecule has 15 heavy (non-hydrogen) atoms. The molecule has 2 aliphatic rings. The number of hydrogen-bond donors (Lipinski definition) is 1. The number of rotatable bonds is 3. The van der Waals surface area contributed by atoms with E-state index in [9.17, 15) is 4.79 Å². The van der Waals surface area contributed by atoms with Gasteiger partial charge < -0.3 is 5.32 Å². The van der Waals surface area contributed by atoms with Crippen molar-refractivity contribution in [3.05, 3.63) is 0 Å². The minimum atomic E-state index is 0.221. The maximum absolute atomic E-state index is 11.6. The van der Waals surface area contributed by atoms with Crippen LogP contribution in [0.15, 0.2) is 0 Å². The van der Waals surface area contributed by atoms with Crippen molar-refractivity contribution in [1.29, 1.82) is 0 Å². The summed E-state index contributed by atoms with van der Waals surface area (Å²) in [5.41, 5.74) is 0. The van der Waals surface area contributed by atoms with Crippen LogP contribution < -0.4 is 5.32 Å². The zero-order valence-electron chi connectivity index (χ0n) is 9.83. The second kappa shape index (κ2) is 4.52. The van der Waals surface area contributed by atoms with Crippen molar-refractivity contribution in [2.75, 3.05) is 19.6 Å². The summed E-state index contributed by atoms with van der Waals surface area (Å²) in [5, 5.41) is 3.05. The number of carbonyl (C=O) groups is 1. The van der Waals surface area contributed by atoms with Gasteiger partial charge in [-0.2, -0.15) is 0 Å². The van der Waals surface area contributed by atoms with E-state index in [0.29, 0.717) is 12.6 Å². The van der Waals surface area contributed by atoms with E-state index in [1.165, 1.54) is 19.3 Å². The van der Waals surface area contributed by atoms with E-state index in [1.54, 1.807) is 0 Å². The smallest absolute Gasteiger partial charge is 0.234 e. The first-order valence-electron chi connectivity index (χ1n) is 6.15. The van der Waals surface area contributed by atoms with Crippen LogP contribution in [0.25, 0.3) is 0 Å². The Morgan fingerprint density at radius 1 is 1.27 bits per heavy atom. The average Bonchev–Trinajstić information content (AvgIpc) is 2.85. The van der Waals surface area contributed by atoms with Crippen molar-refractivity contribution in [3.63, 3.8) is 0 Å². The Kier molecular flexibility index (Phi) is 3.29. The third-order valence-electron chi connectivity index (χ3n) is 3.25. The van der Waals surface area contributed by atoms with E-state index < -0.39 is 0 Å². The van der Waals surface area contributed by atoms with Crippen LogP contribution in [-0.4, -0.2) is 36.5 Å². The Bertz CT molecular complexity index is 228. The van der Waals surface area contributed by atoms with Gasteiger partial charge in [-0.3, -0.25) is 9.69 Å². The second-order valence-corrected chi connectivity index (χ2v) is 5.48. The first kappa shape index (κ1) is 10.9. The van der Waals surface area contributed by atoms with Gasteiger partial charge in [-0.1, -0.05) is 13.8 Å². The van der Waals surface area contributed by atoms with Gasteiger partial charge in [-0.15, -0.1) is 0 Å². The molecule has 2 rings (SSSR count). The number of piperidine rings is 1. The maximum Gasteiger partial charge on any atom is 0.234 e. The molecule has 0 bridgehead atoms. The van der Waals surface area contributed by atoms with Gasteiger partial charge >= 0.3 is 0 Å². The fraction of sp³-hybridized carbons (Fsp3) is 0.917. The van der Waals surface area contributed by atoms with Gasteiger partial charge in [0, 0.05) is 19.1 Å². The number of nitrogens with one attached hydrogen (secondary N) is 1. The molecular weight excluding hydrogens is 188 g/mol. The number of likely N-dealkylation sites (tertiary alicyclic amines) is 1. The minimum Gasteiger partial charge on any atom is -0.352 e. The van der Waals surface area contributed by atoms with Crippen LogP contribution in [0.1, 0.15) is 33.1 Å². The summed E-state index contributed by atoms with van der Waals surface area (Å²) in [6, 6.07) is 0.497. The molecule has 0 aromatic carbocycles. The predicted octanol–water partition coefficient (Wildman–Crippen LogP) is 1.24. The molecule has 1 saturated heterocycles. The summed E-state index contributed by atoms with van der Waals surface area (Å²) in [5.74, 6) is 1.70. The van der Waals surface area contributed by atoms with E-state index >= 15 is 0 Å². The van der Waals surface area contributed by atoms with Crippen molar-refractivity contribution in [1.82, 2.24) is 10.2 Å². The van der Waals surface area contributed by atoms with E-state index in [2.05, 4.69) is 24.1 Å². The molecule has 86 valence electrons. The molecule has 0 radical (unpaired) electrons. The van der Waals surface area contributed by atoms with E-state index in [4.69, 9.17) is 0 Å². The van der Waals surface area contributed by atoms with E-state index in [0.717, 1.165) is 24.9 Å². The van der Waals surface area contributed by atoms with Gasteiger partial charge in [0.15, 0.2) is 0 Å². The van der Waals surface area contributed by atoms with Gasteiger partial charge in [-0.05, 0) is 31.1 Å².